The van der Waals surface area contributed by atoms with Crippen LogP contribution in [0.2, 0.25) is 0 Å². The predicted octanol–water partition coefficient (Wildman–Crippen LogP) is 0.224. The Hall–Kier alpha value is 0.350. The molecule has 0 aliphatic rings. The van der Waals surface area contributed by atoms with Crippen molar-refractivity contribution in [2.75, 3.05) is 0 Å². The van der Waals surface area contributed by atoms with Crippen molar-refractivity contribution in [2.24, 2.45) is 5.73 Å². The molecule has 10 heavy (non-hydrogen) atoms. The van der Waals surface area contributed by atoms with Crippen molar-refractivity contribution < 1.29 is 15.0 Å². The van der Waals surface area contributed by atoms with Crippen LogP contribution in [0, 0.1) is 0 Å². The SMILES string of the molecule is NC(Br)CC(O)(Br)C(=O)O. The van der Waals surface area contributed by atoms with Crippen LogP contribution in [0.25, 0.3) is 0 Å². The number of aliphatic carboxylic acids is 1. The summed E-state index contributed by atoms with van der Waals surface area (Å²) >= 11 is 5.50. The van der Waals surface area contributed by atoms with Gasteiger partial charge >= 0.3 is 5.97 Å². The van der Waals surface area contributed by atoms with Crippen molar-refractivity contribution in [1.82, 2.24) is 0 Å². The highest BCUT2D eigenvalue weighted by Crippen LogP contribution is 2.21. The molecule has 0 heterocycles. The minimum Gasteiger partial charge on any atom is -0.478 e. The predicted molar refractivity (Wildman–Crippen MR) is 43.0 cm³/mol. The van der Waals surface area contributed by atoms with E-state index in [1.165, 1.54) is 0 Å². The van der Waals surface area contributed by atoms with Gasteiger partial charge in [-0.05, 0) is 15.9 Å². The number of hydrogen-bond acceptors (Lipinski definition) is 3. The summed E-state index contributed by atoms with van der Waals surface area (Å²) in [5.74, 6) is -1.34. The first-order valence-electron chi connectivity index (χ1n) is 2.40. The fraction of sp³-hybridized carbons (Fsp3) is 0.750. The molecule has 6 heteroatoms. The van der Waals surface area contributed by atoms with E-state index in [1.54, 1.807) is 0 Å². The van der Waals surface area contributed by atoms with Crippen molar-refractivity contribution in [3.8, 4) is 0 Å². The molecule has 0 rings (SSSR count). The van der Waals surface area contributed by atoms with E-state index in [1.807, 2.05) is 0 Å². The van der Waals surface area contributed by atoms with E-state index in [9.17, 15) is 4.79 Å². The van der Waals surface area contributed by atoms with Gasteiger partial charge in [-0.15, -0.1) is 0 Å². The number of nitrogens with two attached hydrogens (primary N) is 1. The molecule has 4 N–H and O–H groups in total. The smallest absolute Gasteiger partial charge is 0.347 e. The third kappa shape index (κ3) is 3.50. The van der Waals surface area contributed by atoms with Crippen molar-refractivity contribution in [1.29, 1.82) is 0 Å². The van der Waals surface area contributed by atoms with Crippen molar-refractivity contribution in [3.05, 3.63) is 0 Å². The maximum Gasteiger partial charge on any atom is 0.347 e. The van der Waals surface area contributed by atoms with E-state index in [0.29, 0.717) is 0 Å². The van der Waals surface area contributed by atoms with Gasteiger partial charge in [-0.1, -0.05) is 15.9 Å². The first-order valence-corrected chi connectivity index (χ1v) is 4.11. The lowest BCUT2D eigenvalue weighted by atomic mass is 10.2. The molecule has 2 atom stereocenters. The van der Waals surface area contributed by atoms with Crippen molar-refractivity contribution >= 4 is 37.8 Å². The molecule has 0 aromatic rings. The molecule has 2 unspecified atom stereocenters. The van der Waals surface area contributed by atoms with Crippen LogP contribution in [0.15, 0.2) is 0 Å². The third-order valence-electron chi connectivity index (χ3n) is 0.793. The molecule has 0 radical (unpaired) electrons. The Bertz CT molecular complexity index is 136. The Kier molecular flexibility index (Phi) is 3.79. The Morgan fingerprint density at radius 2 is 2.20 bits per heavy atom. The normalized spacial score (nSPS) is 19.6. The zero-order chi connectivity index (χ0) is 8.36. The van der Waals surface area contributed by atoms with E-state index >= 15 is 0 Å². The summed E-state index contributed by atoms with van der Waals surface area (Å²) in [5, 5.41) is 17.3. The second kappa shape index (κ2) is 3.66. The third-order valence-corrected chi connectivity index (χ3v) is 1.78. The largest absolute Gasteiger partial charge is 0.478 e. The van der Waals surface area contributed by atoms with Crippen LogP contribution in [0.5, 0.6) is 0 Å². The van der Waals surface area contributed by atoms with E-state index < -0.39 is 15.4 Å². The highest BCUT2D eigenvalue weighted by molar-refractivity contribution is 9.10. The van der Waals surface area contributed by atoms with Crippen molar-refractivity contribution in [3.63, 3.8) is 0 Å². The van der Waals surface area contributed by atoms with Crippen LogP contribution in [0.3, 0.4) is 0 Å². The average Bonchev–Trinajstić information content (AvgIpc) is 1.60. The monoisotopic (exact) mass is 275 g/mol. The Balaban J connectivity index is 4.00. The maximum atomic E-state index is 10.2. The van der Waals surface area contributed by atoms with Gasteiger partial charge in [-0.3, -0.25) is 0 Å². The van der Waals surface area contributed by atoms with E-state index in [4.69, 9.17) is 15.9 Å². The molecular formula is C4H7Br2NO3. The summed E-state index contributed by atoms with van der Waals surface area (Å²) in [6.45, 7) is 0. The summed E-state index contributed by atoms with van der Waals surface area (Å²) in [5.41, 5.74) is 5.18. The van der Waals surface area contributed by atoms with Crippen LogP contribution >= 0.6 is 31.9 Å². The summed E-state index contributed by atoms with van der Waals surface area (Å²) < 4.78 is -1.92. The molecule has 0 aliphatic heterocycles. The number of carboxylic acids is 1. The number of rotatable bonds is 3. The van der Waals surface area contributed by atoms with Gasteiger partial charge in [0.2, 0.25) is 4.51 Å². The second-order valence-corrected chi connectivity index (χ2v) is 4.27. The average molecular weight is 277 g/mol. The van der Waals surface area contributed by atoms with Crippen LogP contribution in [-0.4, -0.2) is 25.6 Å². The molecule has 0 bridgehead atoms. The lowest BCUT2D eigenvalue weighted by Gasteiger charge is -2.16. The summed E-state index contributed by atoms with van der Waals surface area (Å²) in [4.78, 5) is 9.65. The van der Waals surface area contributed by atoms with Crippen LogP contribution < -0.4 is 5.73 Å². The van der Waals surface area contributed by atoms with Crippen LogP contribution in [0.4, 0.5) is 0 Å². The Labute approximate surface area is 74.7 Å². The van der Waals surface area contributed by atoms with E-state index in [2.05, 4.69) is 31.9 Å². The summed E-state index contributed by atoms with van der Waals surface area (Å²) in [7, 11) is 0. The summed E-state index contributed by atoms with van der Waals surface area (Å²) in [6, 6.07) is 0. The van der Waals surface area contributed by atoms with Gasteiger partial charge < -0.3 is 15.9 Å². The molecule has 0 aliphatic carbocycles. The number of carboxylic acid groups (broad SMARTS) is 1. The van der Waals surface area contributed by atoms with Gasteiger partial charge in [0.25, 0.3) is 0 Å². The molecule has 0 aromatic heterocycles. The summed E-state index contributed by atoms with van der Waals surface area (Å²) in [6.07, 6.45) is -0.0949. The standard InChI is InChI=1S/C4H7Br2NO3/c5-2(7)1-4(6,10)3(8)9/h2,10H,1,7H2,(H,8,9). The molecule has 0 fully saturated rings. The number of hydrogen-bond donors (Lipinski definition) is 3. The molecule has 0 amide bonds. The van der Waals surface area contributed by atoms with E-state index in [-0.39, 0.29) is 6.42 Å². The highest BCUT2D eigenvalue weighted by Gasteiger charge is 2.33. The molecule has 0 saturated heterocycles. The number of halogens is 2. The van der Waals surface area contributed by atoms with Crippen LogP contribution in [0.1, 0.15) is 6.42 Å². The molecule has 60 valence electrons. The Morgan fingerprint density at radius 1 is 1.80 bits per heavy atom. The first-order chi connectivity index (χ1) is 4.36. The minimum absolute atomic E-state index is 0.0949. The molecule has 0 aromatic carbocycles. The lowest BCUT2D eigenvalue weighted by Crippen LogP contribution is -2.36. The van der Waals surface area contributed by atoms with Gasteiger partial charge in [0.15, 0.2) is 0 Å². The minimum atomic E-state index is -1.92. The second-order valence-electron chi connectivity index (χ2n) is 1.78. The first kappa shape index (κ1) is 10.3. The van der Waals surface area contributed by atoms with Gasteiger partial charge in [0, 0.05) is 6.42 Å². The zero-order valence-electron chi connectivity index (χ0n) is 4.92. The highest BCUT2D eigenvalue weighted by atomic mass is 79.9. The lowest BCUT2D eigenvalue weighted by molar-refractivity contribution is -0.149. The molecular weight excluding hydrogens is 270 g/mol. The van der Waals surface area contributed by atoms with Crippen LogP contribution in [-0.2, 0) is 4.79 Å². The quantitative estimate of drug-likeness (QED) is 0.509. The van der Waals surface area contributed by atoms with E-state index in [0.717, 1.165) is 0 Å². The fourth-order valence-electron chi connectivity index (χ4n) is 0.346. The Morgan fingerprint density at radius 3 is 2.30 bits per heavy atom. The maximum absolute atomic E-state index is 10.2. The zero-order valence-corrected chi connectivity index (χ0v) is 8.09. The van der Waals surface area contributed by atoms with Gasteiger partial charge in [0.05, 0.1) is 4.95 Å². The van der Waals surface area contributed by atoms with Gasteiger partial charge in [-0.25, -0.2) is 4.79 Å². The molecule has 4 nitrogen and oxygen atoms in total. The van der Waals surface area contributed by atoms with Crippen molar-refractivity contribution in [2.45, 2.75) is 15.9 Å². The molecule has 0 spiro atoms. The topological polar surface area (TPSA) is 83.5 Å². The molecule has 0 saturated carbocycles. The fourth-order valence-corrected chi connectivity index (χ4v) is 1.60. The number of aliphatic hydroxyl groups is 1. The van der Waals surface area contributed by atoms with Gasteiger partial charge in [0.1, 0.15) is 0 Å². The number of alkyl halides is 2. The van der Waals surface area contributed by atoms with Gasteiger partial charge in [-0.2, -0.15) is 0 Å². The number of carbonyl (C=O) groups is 1.